The fraction of sp³-hybridized carbons (Fsp3) is 0.625. The zero-order valence-electron chi connectivity index (χ0n) is 7.96. The molecule has 0 aliphatic carbocycles. The van der Waals surface area contributed by atoms with E-state index in [0.29, 0.717) is 0 Å². The third kappa shape index (κ3) is 5.84. The van der Waals surface area contributed by atoms with Crippen LogP contribution in [0, 0.1) is 0 Å². The van der Waals surface area contributed by atoms with E-state index in [1.54, 1.807) is 6.92 Å². The van der Waals surface area contributed by atoms with Gasteiger partial charge in [-0.1, -0.05) is 13.3 Å². The molecule has 0 atom stereocenters. The van der Waals surface area contributed by atoms with E-state index in [-0.39, 0.29) is 0 Å². The van der Waals surface area contributed by atoms with Crippen molar-refractivity contribution < 1.29 is 9.59 Å². The monoisotopic (exact) mass is 185 g/mol. The molecule has 0 rings (SSSR count). The maximum Gasteiger partial charge on any atom is 0.329 e. The van der Waals surface area contributed by atoms with Gasteiger partial charge in [-0.15, -0.1) is 0 Å². The highest BCUT2D eigenvalue weighted by atomic mass is 16.2. The second-order valence-electron chi connectivity index (χ2n) is 2.76. The van der Waals surface area contributed by atoms with Gasteiger partial charge in [0, 0.05) is 5.71 Å². The highest BCUT2D eigenvalue weighted by Crippen LogP contribution is 1.95. The molecule has 13 heavy (non-hydrogen) atoms. The number of nitrogens with two attached hydrogens (primary N) is 1. The van der Waals surface area contributed by atoms with Crippen LogP contribution in [0.1, 0.15) is 33.1 Å². The first-order chi connectivity index (χ1) is 6.07. The van der Waals surface area contributed by atoms with Crippen LogP contribution in [0.15, 0.2) is 5.10 Å². The minimum Gasteiger partial charge on any atom is -0.361 e. The number of hydrogen-bond acceptors (Lipinski definition) is 3. The summed E-state index contributed by atoms with van der Waals surface area (Å²) < 4.78 is 0. The molecule has 0 aromatic carbocycles. The van der Waals surface area contributed by atoms with Crippen molar-refractivity contribution in [3.63, 3.8) is 0 Å². The van der Waals surface area contributed by atoms with Gasteiger partial charge in [0.1, 0.15) is 0 Å². The molecule has 0 radical (unpaired) electrons. The molecular formula is C8H15N3O2. The number of nitrogens with one attached hydrogen (secondary N) is 1. The van der Waals surface area contributed by atoms with Crippen molar-refractivity contribution in [1.82, 2.24) is 5.43 Å². The van der Waals surface area contributed by atoms with Gasteiger partial charge in [-0.2, -0.15) is 5.10 Å². The quantitative estimate of drug-likeness (QED) is 0.371. The van der Waals surface area contributed by atoms with Gasteiger partial charge in [-0.05, 0) is 19.8 Å². The summed E-state index contributed by atoms with van der Waals surface area (Å²) in [6.45, 7) is 3.85. The summed E-state index contributed by atoms with van der Waals surface area (Å²) in [6, 6.07) is 0. The standard InChI is InChI=1S/C8H15N3O2/c1-3-4-5-6(2)10-11-8(13)7(9)12/h3-5H2,1-2H3,(H2,9,12)(H,11,13)/b10-6+. The summed E-state index contributed by atoms with van der Waals surface area (Å²) in [5, 5.41) is 3.70. The maximum absolute atomic E-state index is 10.6. The van der Waals surface area contributed by atoms with E-state index in [2.05, 4.69) is 17.5 Å². The van der Waals surface area contributed by atoms with Crippen molar-refractivity contribution in [2.45, 2.75) is 33.1 Å². The van der Waals surface area contributed by atoms with Gasteiger partial charge >= 0.3 is 11.8 Å². The van der Waals surface area contributed by atoms with Gasteiger partial charge in [0.2, 0.25) is 0 Å². The minimum absolute atomic E-state index is 0.788. The highest BCUT2D eigenvalue weighted by Gasteiger charge is 2.05. The van der Waals surface area contributed by atoms with Gasteiger partial charge in [-0.3, -0.25) is 9.59 Å². The average molecular weight is 185 g/mol. The van der Waals surface area contributed by atoms with Crippen molar-refractivity contribution in [2.75, 3.05) is 0 Å². The largest absolute Gasteiger partial charge is 0.361 e. The molecule has 0 spiro atoms. The van der Waals surface area contributed by atoms with Gasteiger partial charge in [0.05, 0.1) is 0 Å². The molecular weight excluding hydrogens is 170 g/mol. The topological polar surface area (TPSA) is 84.6 Å². The van der Waals surface area contributed by atoms with E-state index in [9.17, 15) is 9.59 Å². The second-order valence-corrected chi connectivity index (χ2v) is 2.76. The lowest BCUT2D eigenvalue weighted by Gasteiger charge is -1.98. The van der Waals surface area contributed by atoms with Crippen molar-refractivity contribution in [3.05, 3.63) is 0 Å². The molecule has 0 saturated carbocycles. The van der Waals surface area contributed by atoms with E-state index < -0.39 is 11.8 Å². The van der Waals surface area contributed by atoms with Crippen LogP contribution in [0.3, 0.4) is 0 Å². The predicted octanol–water partition coefficient (Wildman–Crippen LogP) is 0.154. The number of nitrogens with zero attached hydrogens (tertiary/aromatic N) is 1. The number of rotatable bonds is 4. The van der Waals surface area contributed by atoms with E-state index in [4.69, 9.17) is 5.73 Å². The smallest absolute Gasteiger partial charge is 0.329 e. The van der Waals surface area contributed by atoms with Crippen molar-refractivity contribution in [2.24, 2.45) is 10.8 Å². The molecule has 0 bridgehead atoms. The van der Waals surface area contributed by atoms with Crippen LogP contribution in [0.2, 0.25) is 0 Å². The molecule has 74 valence electrons. The molecule has 0 aliphatic rings. The lowest BCUT2D eigenvalue weighted by atomic mass is 10.2. The van der Waals surface area contributed by atoms with Gasteiger partial charge < -0.3 is 5.73 Å². The lowest BCUT2D eigenvalue weighted by molar-refractivity contribution is -0.137. The molecule has 0 saturated heterocycles. The van der Waals surface area contributed by atoms with E-state index >= 15 is 0 Å². The Morgan fingerprint density at radius 3 is 2.54 bits per heavy atom. The molecule has 2 amide bonds. The lowest BCUT2D eigenvalue weighted by Crippen LogP contribution is -2.33. The maximum atomic E-state index is 10.6. The van der Waals surface area contributed by atoms with Gasteiger partial charge in [-0.25, -0.2) is 5.43 Å². The van der Waals surface area contributed by atoms with E-state index in [1.807, 2.05) is 0 Å². The number of hydrogen-bond donors (Lipinski definition) is 2. The molecule has 0 aromatic rings. The summed E-state index contributed by atoms with van der Waals surface area (Å²) in [7, 11) is 0. The number of carbonyl (C=O) groups excluding carboxylic acids is 2. The van der Waals surface area contributed by atoms with E-state index in [1.165, 1.54) is 0 Å². The van der Waals surface area contributed by atoms with Crippen LogP contribution >= 0.6 is 0 Å². The summed E-state index contributed by atoms with van der Waals surface area (Å²) >= 11 is 0. The molecule has 5 nitrogen and oxygen atoms in total. The first kappa shape index (κ1) is 11.6. The van der Waals surface area contributed by atoms with Crippen molar-refractivity contribution in [1.29, 1.82) is 0 Å². The first-order valence-corrected chi connectivity index (χ1v) is 4.20. The van der Waals surface area contributed by atoms with Crippen LogP contribution in [0.5, 0.6) is 0 Å². The van der Waals surface area contributed by atoms with Crippen LogP contribution in [-0.2, 0) is 9.59 Å². The summed E-state index contributed by atoms with van der Waals surface area (Å²) in [6.07, 6.45) is 2.90. The Morgan fingerprint density at radius 2 is 2.08 bits per heavy atom. The third-order valence-electron chi connectivity index (χ3n) is 1.46. The van der Waals surface area contributed by atoms with Crippen LogP contribution < -0.4 is 11.2 Å². The number of hydrazone groups is 1. The van der Waals surface area contributed by atoms with Crippen LogP contribution in [0.25, 0.3) is 0 Å². The third-order valence-corrected chi connectivity index (χ3v) is 1.46. The first-order valence-electron chi connectivity index (χ1n) is 4.20. The molecule has 0 aliphatic heterocycles. The van der Waals surface area contributed by atoms with Gasteiger partial charge in [0.25, 0.3) is 0 Å². The molecule has 5 heteroatoms. The molecule has 0 aromatic heterocycles. The molecule has 3 N–H and O–H groups in total. The Hall–Kier alpha value is -1.39. The zero-order chi connectivity index (χ0) is 10.3. The second kappa shape index (κ2) is 6.16. The van der Waals surface area contributed by atoms with Crippen LogP contribution in [-0.4, -0.2) is 17.5 Å². The molecule has 0 unspecified atom stereocenters. The minimum atomic E-state index is -1.02. The predicted molar refractivity (Wildman–Crippen MR) is 50.0 cm³/mol. The van der Waals surface area contributed by atoms with Gasteiger partial charge in [0.15, 0.2) is 0 Å². The van der Waals surface area contributed by atoms with Crippen molar-refractivity contribution >= 4 is 17.5 Å². The Balaban J connectivity index is 3.82. The summed E-state index contributed by atoms with van der Waals surface area (Å²) in [5.74, 6) is -1.90. The average Bonchev–Trinajstić information content (AvgIpc) is 2.10. The summed E-state index contributed by atoms with van der Waals surface area (Å²) in [5.41, 5.74) is 7.56. The number of amides is 2. The fourth-order valence-electron chi connectivity index (χ4n) is 0.690. The number of primary amides is 1. The Bertz CT molecular complexity index is 223. The van der Waals surface area contributed by atoms with Crippen molar-refractivity contribution in [3.8, 4) is 0 Å². The zero-order valence-corrected chi connectivity index (χ0v) is 7.96. The normalized spacial score (nSPS) is 11.1. The SMILES string of the molecule is CCCC/C(C)=N/NC(=O)C(N)=O. The number of unbranched alkanes of at least 4 members (excludes halogenated alkanes) is 1. The molecule has 0 heterocycles. The Morgan fingerprint density at radius 1 is 1.46 bits per heavy atom. The van der Waals surface area contributed by atoms with Crippen LogP contribution in [0.4, 0.5) is 0 Å². The van der Waals surface area contributed by atoms with E-state index in [0.717, 1.165) is 25.0 Å². The fourth-order valence-corrected chi connectivity index (χ4v) is 0.690. The summed E-state index contributed by atoms with van der Waals surface area (Å²) in [4.78, 5) is 20.9. The number of carbonyl (C=O) groups is 2. The highest BCUT2D eigenvalue weighted by molar-refractivity contribution is 6.34. The Labute approximate surface area is 77.4 Å². The Kier molecular flexibility index (Phi) is 5.50. The molecule has 0 fully saturated rings.